The van der Waals surface area contributed by atoms with Crippen LogP contribution < -0.4 is 0 Å². The average molecular weight is 217 g/mol. The Bertz CT molecular complexity index is 176. The number of hydrogen-bond acceptors (Lipinski definition) is 3. The molecule has 0 aromatic rings. The van der Waals surface area contributed by atoms with Crippen LogP contribution in [0.25, 0.3) is 0 Å². The van der Waals surface area contributed by atoms with Gasteiger partial charge in [-0.15, -0.1) is 0 Å². The molecular formula is C4H9BrO3S. The summed E-state index contributed by atoms with van der Waals surface area (Å²) >= 11 is 2.91. The van der Waals surface area contributed by atoms with Gasteiger partial charge in [0.2, 0.25) is 0 Å². The Morgan fingerprint density at radius 1 is 1.56 bits per heavy atom. The molecule has 0 rings (SSSR count). The molecule has 0 aliphatic rings. The zero-order chi connectivity index (χ0) is 7.71. The van der Waals surface area contributed by atoms with Crippen molar-refractivity contribution in [3.8, 4) is 0 Å². The minimum atomic E-state index is -3.36. The Morgan fingerprint density at radius 2 is 1.89 bits per heavy atom. The molecule has 56 valence electrons. The lowest BCUT2D eigenvalue weighted by molar-refractivity contribution is 0.356. The molecular weight excluding hydrogens is 208 g/mol. The summed E-state index contributed by atoms with van der Waals surface area (Å²) in [6.45, 7) is 2.94. The second-order valence-corrected chi connectivity index (χ2v) is 7.12. The van der Waals surface area contributed by atoms with Crippen LogP contribution >= 0.6 is 15.9 Å². The molecule has 0 spiro atoms. The van der Waals surface area contributed by atoms with Crippen molar-refractivity contribution >= 4 is 25.8 Å². The van der Waals surface area contributed by atoms with E-state index in [-0.39, 0.29) is 0 Å². The van der Waals surface area contributed by atoms with Crippen molar-refractivity contribution in [2.75, 3.05) is 5.94 Å². The Balaban J connectivity index is 4.57. The van der Waals surface area contributed by atoms with Crippen LogP contribution in [0.1, 0.15) is 13.8 Å². The minimum Gasteiger partial charge on any atom is -0.380 e. The van der Waals surface area contributed by atoms with Crippen molar-refractivity contribution < 1.29 is 13.5 Å². The lowest BCUT2D eigenvalue weighted by Gasteiger charge is -2.13. The van der Waals surface area contributed by atoms with Gasteiger partial charge < -0.3 is 5.11 Å². The van der Waals surface area contributed by atoms with Crippen LogP contribution in [-0.2, 0) is 9.84 Å². The van der Waals surface area contributed by atoms with Gasteiger partial charge in [0.15, 0.2) is 9.84 Å². The van der Waals surface area contributed by atoms with Crippen LogP contribution in [0, 0.1) is 0 Å². The molecule has 5 heteroatoms. The summed E-state index contributed by atoms with van der Waals surface area (Å²) in [5, 5.41) is 8.31. The van der Waals surface area contributed by atoms with Gasteiger partial charge in [-0.05, 0) is 13.8 Å². The summed E-state index contributed by atoms with van der Waals surface area (Å²) in [6, 6.07) is 0. The highest BCUT2D eigenvalue weighted by Gasteiger charge is 2.29. The van der Waals surface area contributed by atoms with E-state index in [9.17, 15) is 8.42 Å². The van der Waals surface area contributed by atoms with Crippen LogP contribution in [0.4, 0.5) is 0 Å². The van der Waals surface area contributed by atoms with Gasteiger partial charge in [0.1, 0.15) is 9.60 Å². The highest BCUT2D eigenvalue weighted by atomic mass is 79.9. The van der Waals surface area contributed by atoms with Gasteiger partial charge in [-0.1, -0.05) is 15.9 Å². The third-order valence-corrected chi connectivity index (χ3v) is 4.21. The predicted molar refractivity (Wildman–Crippen MR) is 39.0 cm³/mol. The first-order valence-electron chi connectivity index (χ1n) is 2.33. The van der Waals surface area contributed by atoms with Crippen LogP contribution in [-0.4, -0.2) is 23.1 Å². The lowest BCUT2D eigenvalue weighted by Crippen LogP contribution is -2.26. The number of alkyl halides is 1. The van der Waals surface area contributed by atoms with Crippen molar-refractivity contribution in [2.45, 2.75) is 17.5 Å². The van der Waals surface area contributed by atoms with Crippen LogP contribution in [0.15, 0.2) is 0 Å². The van der Waals surface area contributed by atoms with Gasteiger partial charge in [-0.25, -0.2) is 8.42 Å². The van der Waals surface area contributed by atoms with E-state index in [0.29, 0.717) is 0 Å². The third kappa shape index (κ3) is 2.23. The first-order chi connectivity index (χ1) is 3.81. The summed E-state index contributed by atoms with van der Waals surface area (Å²) in [4.78, 5) is 0. The van der Waals surface area contributed by atoms with Gasteiger partial charge in [-0.3, -0.25) is 0 Å². The van der Waals surface area contributed by atoms with E-state index in [0.717, 1.165) is 0 Å². The molecule has 0 aromatic heterocycles. The van der Waals surface area contributed by atoms with Gasteiger partial charge in [0, 0.05) is 0 Å². The largest absolute Gasteiger partial charge is 0.380 e. The van der Waals surface area contributed by atoms with Crippen molar-refractivity contribution in [1.29, 1.82) is 0 Å². The van der Waals surface area contributed by atoms with E-state index in [1.165, 1.54) is 13.8 Å². The molecule has 1 N–H and O–H groups in total. The molecule has 0 fully saturated rings. The summed E-state index contributed by atoms with van der Waals surface area (Å²) in [5.74, 6) is -0.814. The molecule has 0 aromatic carbocycles. The van der Waals surface area contributed by atoms with Crippen molar-refractivity contribution in [3.63, 3.8) is 0 Å². The summed E-state index contributed by atoms with van der Waals surface area (Å²) in [6.07, 6.45) is 0. The maximum atomic E-state index is 10.7. The minimum absolute atomic E-state index is 0.814. The van der Waals surface area contributed by atoms with Gasteiger partial charge in [0.25, 0.3) is 0 Å². The Hall–Kier alpha value is 0.390. The Labute approximate surface area is 63.1 Å². The SMILES string of the molecule is CC(C)(Br)S(=O)(=O)CO. The molecule has 0 atom stereocenters. The lowest BCUT2D eigenvalue weighted by atomic mass is 10.6. The maximum Gasteiger partial charge on any atom is 0.189 e. The van der Waals surface area contributed by atoms with Crippen molar-refractivity contribution in [1.82, 2.24) is 0 Å². The van der Waals surface area contributed by atoms with E-state index in [2.05, 4.69) is 15.9 Å². The molecule has 0 saturated heterocycles. The number of aliphatic hydroxyl groups is 1. The van der Waals surface area contributed by atoms with Crippen LogP contribution in [0.3, 0.4) is 0 Å². The normalized spacial score (nSPS) is 13.8. The van der Waals surface area contributed by atoms with E-state index in [4.69, 9.17) is 5.11 Å². The highest BCUT2D eigenvalue weighted by Crippen LogP contribution is 2.23. The summed E-state index contributed by atoms with van der Waals surface area (Å²) in [5.41, 5.74) is 0. The fourth-order valence-electron chi connectivity index (χ4n) is 0.153. The first kappa shape index (κ1) is 9.39. The number of rotatable bonds is 2. The van der Waals surface area contributed by atoms with E-state index in [1.54, 1.807) is 0 Å². The monoisotopic (exact) mass is 216 g/mol. The molecule has 0 amide bonds. The van der Waals surface area contributed by atoms with E-state index in [1.807, 2.05) is 0 Å². The predicted octanol–water partition coefficient (Wildman–Crippen LogP) is 0.482. The zero-order valence-electron chi connectivity index (χ0n) is 5.26. The Kier molecular flexibility index (Phi) is 2.67. The van der Waals surface area contributed by atoms with Crippen LogP contribution in [0.2, 0.25) is 0 Å². The molecule has 0 bridgehead atoms. The Morgan fingerprint density at radius 3 is 1.89 bits per heavy atom. The highest BCUT2D eigenvalue weighted by molar-refractivity contribution is 9.11. The molecule has 0 heterocycles. The summed E-state index contributed by atoms with van der Waals surface area (Å²) < 4.78 is 20.4. The maximum absolute atomic E-state index is 10.7. The number of sulfone groups is 1. The fourth-order valence-corrected chi connectivity index (χ4v) is 0.768. The number of aliphatic hydroxyl groups excluding tert-OH is 1. The summed E-state index contributed by atoms with van der Waals surface area (Å²) in [7, 11) is -3.36. The molecule has 0 unspecified atom stereocenters. The van der Waals surface area contributed by atoms with E-state index >= 15 is 0 Å². The van der Waals surface area contributed by atoms with E-state index < -0.39 is 19.4 Å². The number of hydrogen-bond donors (Lipinski definition) is 1. The van der Waals surface area contributed by atoms with Crippen LogP contribution in [0.5, 0.6) is 0 Å². The quantitative estimate of drug-likeness (QED) is 0.684. The standard InChI is InChI=1S/C4H9BrO3S/c1-4(2,5)9(7,8)3-6/h6H,3H2,1-2H3. The fraction of sp³-hybridized carbons (Fsp3) is 1.00. The second-order valence-electron chi connectivity index (χ2n) is 2.11. The van der Waals surface area contributed by atoms with Gasteiger partial charge in [0.05, 0.1) is 0 Å². The van der Waals surface area contributed by atoms with Crippen molar-refractivity contribution in [2.24, 2.45) is 0 Å². The second kappa shape index (κ2) is 2.56. The molecule has 0 radical (unpaired) electrons. The number of halogens is 1. The average Bonchev–Trinajstić information content (AvgIpc) is 1.64. The zero-order valence-corrected chi connectivity index (χ0v) is 7.66. The van der Waals surface area contributed by atoms with Crippen molar-refractivity contribution in [3.05, 3.63) is 0 Å². The molecule has 9 heavy (non-hydrogen) atoms. The first-order valence-corrected chi connectivity index (χ1v) is 4.78. The molecule has 0 aliphatic carbocycles. The van der Waals surface area contributed by atoms with Gasteiger partial charge >= 0.3 is 0 Å². The smallest absolute Gasteiger partial charge is 0.189 e. The molecule has 3 nitrogen and oxygen atoms in total. The third-order valence-electron chi connectivity index (χ3n) is 0.910. The molecule has 0 aliphatic heterocycles. The molecule has 0 saturated carbocycles. The topological polar surface area (TPSA) is 54.4 Å². The van der Waals surface area contributed by atoms with Gasteiger partial charge in [-0.2, -0.15) is 0 Å².